The van der Waals surface area contributed by atoms with Crippen LogP contribution in [0.5, 0.6) is 0 Å². The topological polar surface area (TPSA) is 49.9 Å². The summed E-state index contributed by atoms with van der Waals surface area (Å²) in [4.78, 5) is 27.4. The second kappa shape index (κ2) is 6.03. The Hall–Kier alpha value is -0.970. The van der Waals surface area contributed by atoms with E-state index in [9.17, 15) is 9.59 Å². The molecule has 0 saturated carbocycles. The molecule has 21 heavy (non-hydrogen) atoms. The summed E-state index contributed by atoms with van der Waals surface area (Å²) < 4.78 is 5.44. The summed E-state index contributed by atoms with van der Waals surface area (Å²) in [7, 11) is 0. The van der Waals surface area contributed by atoms with Gasteiger partial charge in [0, 0.05) is 26.2 Å². The molecule has 2 aliphatic heterocycles. The van der Waals surface area contributed by atoms with Crippen molar-refractivity contribution in [1.29, 1.82) is 0 Å². The van der Waals surface area contributed by atoms with Crippen molar-refractivity contribution in [2.45, 2.75) is 45.6 Å². The van der Waals surface area contributed by atoms with Crippen molar-refractivity contribution in [1.82, 2.24) is 9.80 Å². The fourth-order valence-corrected chi connectivity index (χ4v) is 3.31. The molecule has 2 heterocycles. The molecule has 0 unspecified atom stereocenters. The summed E-state index contributed by atoms with van der Waals surface area (Å²) >= 11 is 5.60. The summed E-state index contributed by atoms with van der Waals surface area (Å²) in [5, 5.41) is 0. The van der Waals surface area contributed by atoms with Crippen LogP contribution in [-0.4, -0.2) is 59.5 Å². The third-order valence-electron chi connectivity index (χ3n) is 4.38. The lowest BCUT2D eigenvalue weighted by molar-refractivity contribution is -0.130. The first-order valence-electron chi connectivity index (χ1n) is 7.56. The molecule has 0 bridgehead atoms. The highest BCUT2D eigenvalue weighted by Crippen LogP contribution is 2.40. The molecule has 120 valence electrons. The first-order chi connectivity index (χ1) is 9.75. The lowest BCUT2D eigenvalue weighted by atomic mass is 9.78. The van der Waals surface area contributed by atoms with Crippen LogP contribution in [0.25, 0.3) is 0 Å². The predicted octanol–water partition coefficient (Wildman–Crippen LogP) is 2.47. The van der Waals surface area contributed by atoms with Crippen LogP contribution >= 0.6 is 11.6 Å². The number of carbonyl (C=O) groups is 2. The second-order valence-electron chi connectivity index (χ2n) is 7.17. The van der Waals surface area contributed by atoms with E-state index in [1.807, 2.05) is 30.6 Å². The Morgan fingerprint density at radius 3 is 2.10 bits per heavy atom. The average molecular weight is 317 g/mol. The number of alkyl halides is 1. The highest BCUT2D eigenvalue weighted by molar-refractivity contribution is 6.27. The number of likely N-dealkylation sites (tertiary alicyclic amines) is 2. The van der Waals surface area contributed by atoms with Crippen molar-refractivity contribution in [3.8, 4) is 0 Å². The van der Waals surface area contributed by atoms with Gasteiger partial charge in [0.05, 0.1) is 0 Å². The van der Waals surface area contributed by atoms with Crippen molar-refractivity contribution < 1.29 is 14.3 Å². The zero-order valence-electron chi connectivity index (χ0n) is 13.2. The van der Waals surface area contributed by atoms with Gasteiger partial charge in [-0.3, -0.25) is 4.79 Å². The number of hydrogen-bond acceptors (Lipinski definition) is 3. The molecular weight excluding hydrogens is 292 g/mol. The fraction of sp³-hybridized carbons (Fsp3) is 0.867. The molecule has 6 heteroatoms. The van der Waals surface area contributed by atoms with Gasteiger partial charge in [0.1, 0.15) is 11.5 Å². The van der Waals surface area contributed by atoms with Gasteiger partial charge in [0.25, 0.3) is 0 Å². The van der Waals surface area contributed by atoms with Gasteiger partial charge in [-0.2, -0.15) is 0 Å². The standard InChI is InChI=1S/C15H25ClN2O3/c1-14(2,3)21-13(20)18-9-6-15(11-18)4-7-17(8-5-15)12(19)10-16/h4-11H2,1-3H3. The summed E-state index contributed by atoms with van der Waals surface area (Å²) in [6.07, 6.45) is 2.65. The summed E-state index contributed by atoms with van der Waals surface area (Å²) in [5.74, 6) is 0.0605. The van der Waals surface area contributed by atoms with E-state index in [0.717, 1.165) is 45.4 Å². The number of rotatable bonds is 1. The van der Waals surface area contributed by atoms with Crippen molar-refractivity contribution in [2.75, 3.05) is 32.1 Å². The Morgan fingerprint density at radius 1 is 1.10 bits per heavy atom. The van der Waals surface area contributed by atoms with Crippen LogP contribution in [0.2, 0.25) is 0 Å². The number of halogens is 1. The van der Waals surface area contributed by atoms with E-state index in [1.54, 1.807) is 0 Å². The monoisotopic (exact) mass is 316 g/mol. The average Bonchev–Trinajstić information content (AvgIpc) is 2.81. The van der Waals surface area contributed by atoms with Crippen molar-refractivity contribution in [2.24, 2.45) is 5.41 Å². The van der Waals surface area contributed by atoms with Gasteiger partial charge in [0.2, 0.25) is 5.91 Å². The molecular formula is C15H25ClN2O3. The minimum atomic E-state index is -0.455. The number of nitrogens with zero attached hydrogens (tertiary/aromatic N) is 2. The molecule has 0 aromatic heterocycles. The number of amides is 2. The quantitative estimate of drug-likeness (QED) is 0.698. The zero-order valence-corrected chi connectivity index (χ0v) is 13.9. The summed E-state index contributed by atoms with van der Waals surface area (Å²) in [6.45, 7) is 8.62. The van der Waals surface area contributed by atoms with Crippen LogP contribution in [0.3, 0.4) is 0 Å². The fourth-order valence-electron chi connectivity index (χ4n) is 3.14. The molecule has 0 aromatic rings. The Morgan fingerprint density at radius 2 is 1.62 bits per heavy atom. The largest absolute Gasteiger partial charge is 0.444 e. The van der Waals surface area contributed by atoms with Crippen LogP contribution in [0.4, 0.5) is 4.79 Å². The van der Waals surface area contributed by atoms with Crippen LogP contribution in [0.1, 0.15) is 40.0 Å². The molecule has 2 saturated heterocycles. The predicted molar refractivity (Wildman–Crippen MR) is 81.4 cm³/mol. The second-order valence-corrected chi connectivity index (χ2v) is 7.43. The van der Waals surface area contributed by atoms with Crippen LogP contribution in [0.15, 0.2) is 0 Å². The third kappa shape index (κ3) is 4.02. The van der Waals surface area contributed by atoms with Crippen molar-refractivity contribution >= 4 is 23.6 Å². The van der Waals surface area contributed by atoms with Gasteiger partial charge in [-0.05, 0) is 45.4 Å². The highest BCUT2D eigenvalue weighted by atomic mass is 35.5. The molecule has 0 atom stereocenters. The third-order valence-corrected chi connectivity index (χ3v) is 4.61. The first-order valence-corrected chi connectivity index (χ1v) is 8.10. The van der Waals surface area contributed by atoms with E-state index in [-0.39, 0.29) is 23.3 Å². The lowest BCUT2D eigenvalue weighted by Gasteiger charge is -2.39. The van der Waals surface area contributed by atoms with E-state index >= 15 is 0 Å². The van der Waals surface area contributed by atoms with Gasteiger partial charge >= 0.3 is 6.09 Å². The molecule has 0 radical (unpaired) electrons. The molecule has 5 nitrogen and oxygen atoms in total. The lowest BCUT2D eigenvalue weighted by Crippen LogP contribution is -2.45. The summed E-state index contributed by atoms with van der Waals surface area (Å²) in [6, 6.07) is 0. The van der Waals surface area contributed by atoms with E-state index in [4.69, 9.17) is 16.3 Å². The molecule has 2 fully saturated rings. The molecule has 2 aliphatic rings. The van der Waals surface area contributed by atoms with E-state index < -0.39 is 5.60 Å². The molecule has 0 aromatic carbocycles. The Kier molecular flexibility index (Phi) is 4.71. The van der Waals surface area contributed by atoms with Gasteiger partial charge in [-0.15, -0.1) is 11.6 Å². The van der Waals surface area contributed by atoms with Gasteiger partial charge in [0.15, 0.2) is 0 Å². The van der Waals surface area contributed by atoms with E-state index in [0.29, 0.717) is 0 Å². The number of piperidine rings is 1. The molecule has 2 rings (SSSR count). The first kappa shape index (κ1) is 16.4. The maximum Gasteiger partial charge on any atom is 0.410 e. The van der Waals surface area contributed by atoms with Crippen LogP contribution in [0, 0.1) is 5.41 Å². The van der Waals surface area contributed by atoms with Crippen LogP contribution < -0.4 is 0 Å². The van der Waals surface area contributed by atoms with Gasteiger partial charge in [-0.1, -0.05) is 0 Å². The SMILES string of the molecule is CC(C)(C)OC(=O)N1CCC2(CCN(C(=O)CCl)CC2)C1. The minimum absolute atomic E-state index is 0.00788. The van der Waals surface area contributed by atoms with Crippen molar-refractivity contribution in [3.63, 3.8) is 0 Å². The number of hydrogen-bond donors (Lipinski definition) is 0. The normalized spacial score (nSPS) is 21.7. The minimum Gasteiger partial charge on any atom is -0.444 e. The van der Waals surface area contributed by atoms with Gasteiger partial charge in [-0.25, -0.2) is 4.79 Å². The maximum atomic E-state index is 12.1. The molecule has 2 amide bonds. The van der Waals surface area contributed by atoms with Crippen molar-refractivity contribution in [3.05, 3.63) is 0 Å². The maximum absolute atomic E-state index is 12.1. The van der Waals surface area contributed by atoms with Gasteiger partial charge < -0.3 is 14.5 Å². The Bertz CT molecular complexity index is 412. The smallest absolute Gasteiger partial charge is 0.410 e. The molecule has 1 spiro atoms. The highest BCUT2D eigenvalue weighted by Gasteiger charge is 2.43. The Labute approximate surface area is 131 Å². The van der Waals surface area contributed by atoms with E-state index in [2.05, 4.69) is 0 Å². The molecule has 0 N–H and O–H groups in total. The molecule has 0 aliphatic carbocycles. The Balaban J connectivity index is 1.88. The zero-order chi connectivity index (χ0) is 15.7. The summed E-state index contributed by atoms with van der Waals surface area (Å²) in [5.41, 5.74) is -0.303. The van der Waals surface area contributed by atoms with Crippen LogP contribution in [-0.2, 0) is 9.53 Å². The number of carbonyl (C=O) groups excluding carboxylic acids is 2. The number of ether oxygens (including phenoxy) is 1. The van der Waals surface area contributed by atoms with E-state index in [1.165, 1.54) is 0 Å².